The normalized spacial score (nSPS) is 11.2. The van der Waals surface area contributed by atoms with E-state index in [-0.39, 0.29) is 5.97 Å². The van der Waals surface area contributed by atoms with E-state index in [4.69, 9.17) is 4.74 Å². The predicted octanol–water partition coefficient (Wildman–Crippen LogP) is 3.64. The molecule has 1 aromatic carbocycles. The number of carbonyl (C=O) groups excluding carboxylic acids is 1. The Kier molecular flexibility index (Phi) is 5.72. The first kappa shape index (κ1) is 12.8. The standard InChI is InChI=1S/C13H16O2S/c1-3-7-11(13(14)15-2)10-16-12-8-5-4-6-9-12/h4-6,8-10H,3,7H2,1-2H3. The van der Waals surface area contributed by atoms with Gasteiger partial charge in [0.05, 0.1) is 7.11 Å². The first-order valence-corrected chi connectivity index (χ1v) is 6.15. The number of rotatable bonds is 5. The molecule has 3 heteroatoms. The molecule has 0 aliphatic rings. The summed E-state index contributed by atoms with van der Waals surface area (Å²) in [5, 5.41) is 1.88. The van der Waals surface area contributed by atoms with Crippen molar-refractivity contribution in [1.82, 2.24) is 0 Å². The van der Waals surface area contributed by atoms with E-state index in [2.05, 4.69) is 0 Å². The molecular weight excluding hydrogens is 220 g/mol. The van der Waals surface area contributed by atoms with Gasteiger partial charge in [0.15, 0.2) is 0 Å². The van der Waals surface area contributed by atoms with E-state index in [1.807, 2.05) is 42.7 Å². The third kappa shape index (κ3) is 4.11. The molecule has 0 aliphatic carbocycles. The van der Waals surface area contributed by atoms with Gasteiger partial charge in [-0.1, -0.05) is 43.3 Å². The summed E-state index contributed by atoms with van der Waals surface area (Å²) in [6.07, 6.45) is 1.70. The molecule has 0 aromatic heterocycles. The van der Waals surface area contributed by atoms with E-state index in [0.29, 0.717) is 0 Å². The highest BCUT2D eigenvalue weighted by Crippen LogP contribution is 2.22. The van der Waals surface area contributed by atoms with Crippen molar-refractivity contribution in [3.8, 4) is 0 Å². The average molecular weight is 236 g/mol. The second kappa shape index (κ2) is 7.12. The fourth-order valence-corrected chi connectivity index (χ4v) is 2.05. The van der Waals surface area contributed by atoms with Crippen molar-refractivity contribution in [1.29, 1.82) is 0 Å². The maximum atomic E-state index is 11.4. The van der Waals surface area contributed by atoms with Crippen LogP contribution in [0, 0.1) is 0 Å². The Morgan fingerprint density at radius 1 is 1.38 bits per heavy atom. The number of carbonyl (C=O) groups is 1. The topological polar surface area (TPSA) is 26.3 Å². The molecule has 0 N–H and O–H groups in total. The highest BCUT2D eigenvalue weighted by molar-refractivity contribution is 8.02. The molecule has 0 heterocycles. The van der Waals surface area contributed by atoms with Crippen LogP contribution in [0.1, 0.15) is 19.8 Å². The zero-order chi connectivity index (χ0) is 11.8. The Bertz CT molecular complexity index is 357. The van der Waals surface area contributed by atoms with Crippen LogP contribution in [-0.2, 0) is 9.53 Å². The van der Waals surface area contributed by atoms with E-state index < -0.39 is 0 Å². The summed E-state index contributed by atoms with van der Waals surface area (Å²) in [4.78, 5) is 12.5. The van der Waals surface area contributed by atoms with E-state index >= 15 is 0 Å². The molecule has 16 heavy (non-hydrogen) atoms. The molecule has 0 amide bonds. The lowest BCUT2D eigenvalue weighted by Gasteiger charge is -2.03. The molecule has 0 atom stereocenters. The lowest BCUT2D eigenvalue weighted by Crippen LogP contribution is -2.03. The Balaban J connectivity index is 2.68. The zero-order valence-electron chi connectivity index (χ0n) is 9.60. The van der Waals surface area contributed by atoms with Gasteiger partial charge in [0.1, 0.15) is 0 Å². The van der Waals surface area contributed by atoms with Crippen LogP contribution in [-0.4, -0.2) is 13.1 Å². The SMILES string of the molecule is CCCC(=CSc1ccccc1)C(=O)OC. The maximum Gasteiger partial charge on any atom is 0.334 e. The highest BCUT2D eigenvalue weighted by Gasteiger charge is 2.07. The minimum absolute atomic E-state index is 0.231. The van der Waals surface area contributed by atoms with Crippen molar-refractivity contribution in [3.63, 3.8) is 0 Å². The Labute approximate surface area is 101 Å². The van der Waals surface area contributed by atoms with Crippen molar-refractivity contribution in [2.75, 3.05) is 7.11 Å². The summed E-state index contributed by atoms with van der Waals surface area (Å²) in [7, 11) is 1.42. The number of hydrogen-bond acceptors (Lipinski definition) is 3. The number of hydrogen-bond donors (Lipinski definition) is 0. The Morgan fingerprint density at radius 3 is 2.62 bits per heavy atom. The van der Waals surface area contributed by atoms with Gasteiger partial charge in [0.25, 0.3) is 0 Å². The fraction of sp³-hybridized carbons (Fsp3) is 0.308. The van der Waals surface area contributed by atoms with E-state index in [9.17, 15) is 4.79 Å². The van der Waals surface area contributed by atoms with Crippen LogP contribution in [0.2, 0.25) is 0 Å². The second-order valence-corrected chi connectivity index (χ2v) is 4.26. The molecule has 0 spiro atoms. The van der Waals surface area contributed by atoms with Crippen LogP contribution >= 0.6 is 11.8 Å². The number of thioether (sulfide) groups is 1. The quantitative estimate of drug-likeness (QED) is 0.443. The van der Waals surface area contributed by atoms with Crippen LogP contribution in [0.25, 0.3) is 0 Å². The molecule has 2 nitrogen and oxygen atoms in total. The van der Waals surface area contributed by atoms with Crippen LogP contribution < -0.4 is 0 Å². The van der Waals surface area contributed by atoms with Gasteiger partial charge in [-0.15, -0.1) is 0 Å². The minimum atomic E-state index is -0.231. The first-order chi connectivity index (χ1) is 7.77. The second-order valence-electron chi connectivity index (χ2n) is 3.32. The molecule has 0 saturated heterocycles. The van der Waals surface area contributed by atoms with E-state index in [1.165, 1.54) is 7.11 Å². The summed E-state index contributed by atoms with van der Waals surface area (Å²) >= 11 is 1.55. The molecule has 0 saturated carbocycles. The largest absolute Gasteiger partial charge is 0.466 e. The molecule has 1 aromatic rings. The van der Waals surface area contributed by atoms with Gasteiger partial charge in [-0.05, 0) is 24.0 Å². The fourth-order valence-electron chi connectivity index (χ4n) is 1.25. The van der Waals surface area contributed by atoms with Gasteiger partial charge < -0.3 is 4.74 Å². The van der Waals surface area contributed by atoms with Crippen molar-refractivity contribution < 1.29 is 9.53 Å². The molecule has 1 rings (SSSR count). The van der Waals surface area contributed by atoms with Gasteiger partial charge in [0, 0.05) is 10.5 Å². The van der Waals surface area contributed by atoms with Gasteiger partial charge >= 0.3 is 5.97 Å². The summed E-state index contributed by atoms with van der Waals surface area (Å²) in [5.41, 5.74) is 0.735. The van der Waals surface area contributed by atoms with Gasteiger partial charge in [-0.2, -0.15) is 0 Å². The van der Waals surface area contributed by atoms with Crippen LogP contribution in [0.4, 0.5) is 0 Å². The van der Waals surface area contributed by atoms with Crippen molar-refractivity contribution >= 4 is 17.7 Å². The summed E-state index contributed by atoms with van der Waals surface area (Å²) in [5.74, 6) is -0.231. The van der Waals surface area contributed by atoms with E-state index in [1.54, 1.807) is 11.8 Å². The molecule has 86 valence electrons. The average Bonchev–Trinajstić information content (AvgIpc) is 2.34. The smallest absolute Gasteiger partial charge is 0.334 e. The molecule has 0 bridgehead atoms. The summed E-state index contributed by atoms with van der Waals surface area (Å²) < 4.78 is 4.73. The number of methoxy groups -OCH3 is 1. The number of benzene rings is 1. The van der Waals surface area contributed by atoms with Gasteiger partial charge in [-0.3, -0.25) is 0 Å². The monoisotopic (exact) mass is 236 g/mol. The molecule has 0 radical (unpaired) electrons. The molecule has 0 unspecified atom stereocenters. The third-order valence-electron chi connectivity index (χ3n) is 2.05. The summed E-state index contributed by atoms with van der Waals surface area (Å²) in [6.45, 7) is 2.05. The molecule has 0 aliphatic heterocycles. The molecular formula is C13H16O2S. The van der Waals surface area contributed by atoms with Crippen LogP contribution in [0.5, 0.6) is 0 Å². The number of ether oxygens (including phenoxy) is 1. The third-order valence-corrected chi connectivity index (χ3v) is 2.99. The lowest BCUT2D eigenvalue weighted by atomic mass is 10.2. The van der Waals surface area contributed by atoms with Crippen molar-refractivity contribution in [3.05, 3.63) is 41.3 Å². The van der Waals surface area contributed by atoms with Crippen LogP contribution in [0.15, 0.2) is 46.2 Å². The Morgan fingerprint density at radius 2 is 2.06 bits per heavy atom. The van der Waals surface area contributed by atoms with Crippen molar-refractivity contribution in [2.45, 2.75) is 24.7 Å². The highest BCUT2D eigenvalue weighted by atomic mass is 32.2. The zero-order valence-corrected chi connectivity index (χ0v) is 10.4. The summed E-state index contributed by atoms with van der Waals surface area (Å²) in [6, 6.07) is 9.96. The van der Waals surface area contributed by atoms with Crippen LogP contribution in [0.3, 0.4) is 0 Å². The minimum Gasteiger partial charge on any atom is -0.466 e. The van der Waals surface area contributed by atoms with Gasteiger partial charge in [0.2, 0.25) is 0 Å². The van der Waals surface area contributed by atoms with Crippen molar-refractivity contribution in [2.24, 2.45) is 0 Å². The maximum absolute atomic E-state index is 11.4. The van der Waals surface area contributed by atoms with Gasteiger partial charge in [-0.25, -0.2) is 4.79 Å². The Hall–Kier alpha value is -1.22. The number of esters is 1. The first-order valence-electron chi connectivity index (χ1n) is 5.27. The van der Waals surface area contributed by atoms with E-state index in [0.717, 1.165) is 23.3 Å². The lowest BCUT2D eigenvalue weighted by molar-refractivity contribution is -0.136. The molecule has 0 fully saturated rings. The predicted molar refractivity (Wildman–Crippen MR) is 67.3 cm³/mol.